The summed E-state index contributed by atoms with van der Waals surface area (Å²) >= 11 is 5.50. The van der Waals surface area contributed by atoms with Gasteiger partial charge in [-0.05, 0) is 38.4 Å². The third-order valence-corrected chi connectivity index (χ3v) is 2.70. The molecule has 1 amide bonds. The molecule has 1 aromatic carbocycles. The van der Waals surface area contributed by atoms with E-state index in [2.05, 4.69) is 10.6 Å². The van der Waals surface area contributed by atoms with Crippen LogP contribution in [0, 0.1) is 0 Å². The zero-order valence-electron chi connectivity index (χ0n) is 11.2. The number of aliphatic hydroxyl groups excluding tert-OH is 1. The van der Waals surface area contributed by atoms with Gasteiger partial charge < -0.3 is 20.6 Å². The Morgan fingerprint density at radius 1 is 1.32 bits per heavy atom. The standard InChI is InChI=1S/C13H20ClN3O2/c1-17(2)9-13(19)16-11-5-3-10(4-6-11)15-8-12(18)7-14/h3-6,12,15,18H,7-9H2,1-2H3,(H,16,19). The Hall–Kier alpha value is -1.30. The number of aliphatic hydroxyl groups is 1. The van der Waals surface area contributed by atoms with Crippen LogP contribution in [0.4, 0.5) is 11.4 Å². The minimum Gasteiger partial charge on any atom is -0.390 e. The summed E-state index contributed by atoms with van der Waals surface area (Å²) in [5.41, 5.74) is 1.62. The van der Waals surface area contributed by atoms with E-state index in [4.69, 9.17) is 11.6 Å². The number of nitrogens with one attached hydrogen (secondary N) is 2. The van der Waals surface area contributed by atoms with E-state index in [0.29, 0.717) is 13.1 Å². The van der Waals surface area contributed by atoms with E-state index in [1.807, 2.05) is 38.4 Å². The molecular formula is C13H20ClN3O2. The van der Waals surface area contributed by atoms with Gasteiger partial charge in [0.25, 0.3) is 0 Å². The highest BCUT2D eigenvalue weighted by Crippen LogP contribution is 2.13. The maximum absolute atomic E-state index is 11.5. The molecule has 1 aromatic rings. The first kappa shape index (κ1) is 15.8. The number of halogens is 1. The Kier molecular flexibility index (Phi) is 6.62. The molecule has 0 aromatic heterocycles. The molecular weight excluding hydrogens is 266 g/mol. The molecule has 1 unspecified atom stereocenters. The second kappa shape index (κ2) is 7.99. The van der Waals surface area contributed by atoms with Crippen molar-refractivity contribution in [1.82, 2.24) is 4.90 Å². The molecule has 0 aliphatic rings. The van der Waals surface area contributed by atoms with Gasteiger partial charge >= 0.3 is 0 Å². The summed E-state index contributed by atoms with van der Waals surface area (Å²) in [5.74, 6) is 0.148. The van der Waals surface area contributed by atoms with Gasteiger partial charge in [0.2, 0.25) is 5.91 Å². The molecule has 1 atom stereocenters. The zero-order valence-corrected chi connectivity index (χ0v) is 11.9. The van der Waals surface area contributed by atoms with Crippen LogP contribution in [-0.2, 0) is 4.79 Å². The van der Waals surface area contributed by atoms with E-state index in [1.165, 1.54) is 0 Å². The fourth-order valence-corrected chi connectivity index (χ4v) is 1.56. The average molecular weight is 286 g/mol. The molecule has 0 bridgehead atoms. The number of likely N-dealkylation sites (N-methyl/N-ethyl adjacent to an activating group) is 1. The Labute approximate surface area is 118 Å². The molecule has 0 heterocycles. The van der Waals surface area contributed by atoms with Gasteiger partial charge in [-0.15, -0.1) is 11.6 Å². The van der Waals surface area contributed by atoms with Gasteiger partial charge in [0, 0.05) is 17.9 Å². The van der Waals surface area contributed by atoms with Gasteiger partial charge in [0.1, 0.15) is 0 Å². The lowest BCUT2D eigenvalue weighted by molar-refractivity contribution is -0.116. The first-order valence-corrected chi connectivity index (χ1v) is 6.57. The summed E-state index contributed by atoms with van der Waals surface area (Å²) in [6.45, 7) is 0.748. The molecule has 0 fully saturated rings. The van der Waals surface area contributed by atoms with E-state index < -0.39 is 6.10 Å². The number of nitrogens with zero attached hydrogens (tertiary/aromatic N) is 1. The van der Waals surface area contributed by atoms with E-state index >= 15 is 0 Å². The summed E-state index contributed by atoms with van der Waals surface area (Å²) in [5, 5.41) is 15.2. The first-order valence-electron chi connectivity index (χ1n) is 6.04. The van der Waals surface area contributed by atoms with Crippen molar-refractivity contribution in [3.8, 4) is 0 Å². The second-order valence-electron chi connectivity index (χ2n) is 4.55. The Morgan fingerprint density at radius 3 is 2.42 bits per heavy atom. The lowest BCUT2D eigenvalue weighted by Gasteiger charge is -2.12. The Bertz CT molecular complexity index is 395. The quantitative estimate of drug-likeness (QED) is 0.659. The highest BCUT2D eigenvalue weighted by atomic mass is 35.5. The van der Waals surface area contributed by atoms with E-state index in [9.17, 15) is 9.90 Å². The molecule has 0 spiro atoms. The second-order valence-corrected chi connectivity index (χ2v) is 4.86. The van der Waals surface area contributed by atoms with Gasteiger partial charge in [-0.25, -0.2) is 0 Å². The van der Waals surface area contributed by atoms with Crippen molar-refractivity contribution in [2.45, 2.75) is 6.10 Å². The van der Waals surface area contributed by atoms with Crippen molar-refractivity contribution >= 4 is 28.9 Å². The maximum Gasteiger partial charge on any atom is 0.238 e. The van der Waals surface area contributed by atoms with Crippen LogP contribution in [0.5, 0.6) is 0 Å². The van der Waals surface area contributed by atoms with Gasteiger partial charge in [-0.3, -0.25) is 4.79 Å². The van der Waals surface area contributed by atoms with Gasteiger partial charge in [0.05, 0.1) is 18.5 Å². The van der Waals surface area contributed by atoms with Gasteiger partial charge in [0.15, 0.2) is 0 Å². The molecule has 19 heavy (non-hydrogen) atoms. The van der Waals surface area contributed by atoms with Crippen molar-refractivity contribution in [3.63, 3.8) is 0 Å². The SMILES string of the molecule is CN(C)CC(=O)Nc1ccc(NCC(O)CCl)cc1. The molecule has 0 radical (unpaired) electrons. The number of carbonyl (C=O) groups excluding carboxylic acids is 1. The Morgan fingerprint density at radius 2 is 1.89 bits per heavy atom. The van der Waals surface area contributed by atoms with Crippen LogP contribution in [0.25, 0.3) is 0 Å². The highest BCUT2D eigenvalue weighted by molar-refractivity contribution is 6.18. The van der Waals surface area contributed by atoms with Crippen LogP contribution in [0.3, 0.4) is 0 Å². The Balaban J connectivity index is 2.45. The smallest absolute Gasteiger partial charge is 0.238 e. The van der Waals surface area contributed by atoms with Crippen molar-refractivity contribution in [2.24, 2.45) is 0 Å². The van der Waals surface area contributed by atoms with Gasteiger partial charge in [-0.1, -0.05) is 0 Å². The third-order valence-electron chi connectivity index (χ3n) is 2.35. The molecule has 5 nitrogen and oxygen atoms in total. The molecule has 0 aliphatic heterocycles. The number of hydrogen-bond acceptors (Lipinski definition) is 4. The lowest BCUT2D eigenvalue weighted by Crippen LogP contribution is -2.27. The van der Waals surface area contributed by atoms with Crippen LogP contribution in [-0.4, -0.2) is 55.1 Å². The van der Waals surface area contributed by atoms with E-state index in [-0.39, 0.29) is 11.8 Å². The number of benzene rings is 1. The topological polar surface area (TPSA) is 64.6 Å². The molecule has 6 heteroatoms. The molecule has 0 aliphatic carbocycles. The predicted octanol–water partition coefficient (Wildman–Crippen LogP) is 1.20. The minimum atomic E-state index is -0.568. The number of alkyl halides is 1. The summed E-state index contributed by atoms with van der Waals surface area (Å²) in [7, 11) is 3.68. The van der Waals surface area contributed by atoms with Crippen LogP contribution in [0.2, 0.25) is 0 Å². The van der Waals surface area contributed by atoms with Crippen LogP contribution < -0.4 is 10.6 Å². The molecule has 0 saturated carbocycles. The third kappa shape index (κ3) is 6.42. The number of carbonyl (C=O) groups is 1. The number of rotatable bonds is 7. The van der Waals surface area contributed by atoms with Gasteiger partial charge in [-0.2, -0.15) is 0 Å². The normalized spacial score (nSPS) is 12.3. The number of anilines is 2. The highest BCUT2D eigenvalue weighted by Gasteiger charge is 2.04. The van der Waals surface area contributed by atoms with Crippen molar-refractivity contribution < 1.29 is 9.90 Å². The fourth-order valence-electron chi connectivity index (χ4n) is 1.45. The first-order chi connectivity index (χ1) is 9.01. The maximum atomic E-state index is 11.5. The van der Waals surface area contributed by atoms with Crippen molar-refractivity contribution in [2.75, 3.05) is 43.7 Å². The van der Waals surface area contributed by atoms with Crippen LogP contribution >= 0.6 is 11.6 Å². The average Bonchev–Trinajstić information content (AvgIpc) is 2.36. The van der Waals surface area contributed by atoms with Crippen LogP contribution in [0.15, 0.2) is 24.3 Å². The van der Waals surface area contributed by atoms with Crippen LogP contribution in [0.1, 0.15) is 0 Å². The largest absolute Gasteiger partial charge is 0.390 e. The summed E-state index contributed by atoms with van der Waals surface area (Å²) in [4.78, 5) is 13.3. The van der Waals surface area contributed by atoms with E-state index in [0.717, 1.165) is 11.4 Å². The van der Waals surface area contributed by atoms with E-state index in [1.54, 1.807) is 4.90 Å². The van der Waals surface area contributed by atoms with Crippen molar-refractivity contribution in [1.29, 1.82) is 0 Å². The predicted molar refractivity (Wildman–Crippen MR) is 78.8 cm³/mol. The summed E-state index contributed by atoms with van der Waals surface area (Å²) < 4.78 is 0. The molecule has 0 saturated heterocycles. The monoisotopic (exact) mass is 285 g/mol. The number of hydrogen-bond donors (Lipinski definition) is 3. The number of amides is 1. The minimum absolute atomic E-state index is 0.0525. The zero-order chi connectivity index (χ0) is 14.3. The summed E-state index contributed by atoms with van der Waals surface area (Å²) in [6, 6.07) is 7.30. The fraction of sp³-hybridized carbons (Fsp3) is 0.462. The van der Waals surface area contributed by atoms with Crippen molar-refractivity contribution in [3.05, 3.63) is 24.3 Å². The molecule has 3 N–H and O–H groups in total. The lowest BCUT2D eigenvalue weighted by atomic mass is 10.2. The molecule has 1 rings (SSSR count). The summed E-state index contributed by atoms with van der Waals surface area (Å²) in [6.07, 6.45) is -0.568. The molecule has 106 valence electrons.